The molecule has 1 aliphatic rings. The summed E-state index contributed by atoms with van der Waals surface area (Å²) in [5.74, 6) is 0.0342. The number of hydrogen-bond donors (Lipinski definition) is 2. The maximum Gasteiger partial charge on any atom is 0.239 e. The number of carbonyl (C=O) groups excluding carboxylic acids is 1. The Morgan fingerprint density at radius 1 is 1.50 bits per heavy atom. The Bertz CT molecular complexity index is 449. The van der Waals surface area contributed by atoms with Crippen LogP contribution in [0.2, 0.25) is 0 Å². The van der Waals surface area contributed by atoms with E-state index >= 15 is 0 Å². The Balaban J connectivity index is 2.33. The van der Waals surface area contributed by atoms with E-state index in [1.165, 1.54) is 0 Å². The fraction of sp³-hybridized carbons (Fsp3) is 0.462. The van der Waals surface area contributed by atoms with E-state index in [2.05, 4.69) is 21.2 Å². The Kier molecular flexibility index (Phi) is 4.24. The SMILES string of the molecule is CC(O)c1cc(Br)ccc1N1CCCNC(=O)C1. The summed E-state index contributed by atoms with van der Waals surface area (Å²) in [5.41, 5.74) is 1.78. The van der Waals surface area contributed by atoms with E-state index in [0.717, 1.165) is 35.2 Å². The van der Waals surface area contributed by atoms with E-state index in [4.69, 9.17) is 0 Å². The highest BCUT2D eigenvalue weighted by molar-refractivity contribution is 9.10. The molecule has 1 saturated heterocycles. The number of anilines is 1. The number of carbonyl (C=O) groups is 1. The molecule has 0 radical (unpaired) electrons. The van der Waals surface area contributed by atoms with Crippen LogP contribution in [0.4, 0.5) is 5.69 Å². The van der Waals surface area contributed by atoms with E-state index in [1.54, 1.807) is 6.92 Å². The number of aliphatic hydroxyl groups excluding tert-OH is 1. The van der Waals surface area contributed by atoms with Crippen molar-refractivity contribution >= 4 is 27.5 Å². The van der Waals surface area contributed by atoms with Gasteiger partial charge in [-0.1, -0.05) is 15.9 Å². The average Bonchev–Trinajstić information content (AvgIpc) is 2.53. The van der Waals surface area contributed by atoms with Crippen LogP contribution in [-0.4, -0.2) is 30.6 Å². The van der Waals surface area contributed by atoms with Crippen LogP contribution in [0, 0.1) is 0 Å². The summed E-state index contributed by atoms with van der Waals surface area (Å²) < 4.78 is 0.932. The minimum absolute atomic E-state index is 0.0342. The van der Waals surface area contributed by atoms with Gasteiger partial charge < -0.3 is 15.3 Å². The Hall–Kier alpha value is -1.07. The highest BCUT2D eigenvalue weighted by Crippen LogP contribution is 2.29. The largest absolute Gasteiger partial charge is 0.389 e. The van der Waals surface area contributed by atoms with Crippen LogP contribution in [0.1, 0.15) is 25.0 Å². The fourth-order valence-electron chi connectivity index (χ4n) is 2.16. The lowest BCUT2D eigenvalue weighted by Gasteiger charge is -2.25. The van der Waals surface area contributed by atoms with Crippen LogP contribution in [0.5, 0.6) is 0 Å². The summed E-state index contributed by atoms with van der Waals surface area (Å²) in [7, 11) is 0. The maximum atomic E-state index is 11.6. The molecule has 0 spiro atoms. The van der Waals surface area contributed by atoms with Gasteiger partial charge in [0, 0.05) is 28.8 Å². The number of rotatable bonds is 2. The molecule has 1 amide bonds. The molecule has 18 heavy (non-hydrogen) atoms. The van der Waals surface area contributed by atoms with Gasteiger partial charge >= 0.3 is 0 Å². The second-order valence-electron chi connectivity index (χ2n) is 4.50. The molecule has 98 valence electrons. The summed E-state index contributed by atoms with van der Waals surface area (Å²) in [6.45, 7) is 3.63. The third-order valence-electron chi connectivity index (χ3n) is 3.04. The standard InChI is InChI=1S/C13H17BrN2O2/c1-9(17)11-7-10(14)3-4-12(11)16-6-2-5-15-13(18)8-16/h3-4,7,9,17H,2,5-6,8H2,1H3,(H,15,18). The predicted octanol–water partition coefficient (Wildman–Crippen LogP) is 1.83. The van der Waals surface area contributed by atoms with Crippen molar-refractivity contribution in [3.63, 3.8) is 0 Å². The van der Waals surface area contributed by atoms with Crippen molar-refractivity contribution < 1.29 is 9.90 Å². The van der Waals surface area contributed by atoms with Crippen LogP contribution in [0.25, 0.3) is 0 Å². The van der Waals surface area contributed by atoms with E-state index in [1.807, 2.05) is 23.1 Å². The number of nitrogens with one attached hydrogen (secondary N) is 1. The number of aliphatic hydroxyl groups is 1. The summed E-state index contributed by atoms with van der Waals surface area (Å²) in [6.07, 6.45) is 0.366. The molecule has 1 heterocycles. The molecule has 2 N–H and O–H groups in total. The molecule has 1 aliphatic heterocycles. The lowest BCUT2D eigenvalue weighted by molar-refractivity contribution is -0.119. The van der Waals surface area contributed by atoms with E-state index in [0.29, 0.717) is 6.54 Å². The number of halogens is 1. The van der Waals surface area contributed by atoms with Crippen LogP contribution >= 0.6 is 15.9 Å². The lowest BCUT2D eigenvalue weighted by atomic mass is 10.1. The molecule has 5 heteroatoms. The number of hydrogen-bond acceptors (Lipinski definition) is 3. The monoisotopic (exact) mass is 312 g/mol. The second kappa shape index (κ2) is 5.71. The van der Waals surface area contributed by atoms with Crippen LogP contribution < -0.4 is 10.2 Å². The molecule has 4 nitrogen and oxygen atoms in total. The first-order valence-electron chi connectivity index (χ1n) is 6.07. The zero-order valence-electron chi connectivity index (χ0n) is 10.3. The topological polar surface area (TPSA) is 52.6 Å². The highest BCUT2D eigenvalue weighted by atomic mass is 79.9. The molecule has 0 aromatic heterocycles. The minimum Gasteiger partial charge on any atom is -0.389 e. The van der Waals surface area contributed by atoms with Gasteiger partial charge in [-0.05, 0) is 31.5 Å². The van der Waals surface area contributed by atoms with Crippen LogP contribution in [0.15, 0.2) is 22.7 Å². The third kappa shape index (κ3) is 3.03. The zero-order chi connectivity index (χ0) is 13.1. The summed E-state index contributed by atoms with van der Waals surface area (Å²) in [4.78, 5) is 13.6. The van der Waals surface area contributed by atoms with Crippen LogP contribution in [-0.2, 0) is 4.79 Å². The Morgan fingerprint density at radius 3 is 3.00 bits per heavy atom. The molecular weight excluding hydrogens is 296 g/mol. The second-order valence-corrected chi connectivity index (χ2v) is 5.42. The quantitative estimate of drug-likeness (QED) is 0.876. The van der Waals surface area contributed by atoms with Crippen molar-refractivity contribution in [1.82, 2.24) is 5.32 Å². The predicted molar refractivity (Wildman–Crippen MR) is 74.6 cm³/mol. The summed E-state index contributed by atoms with van der Waals surface area (Å²) >= 11 is 3.41. The first-order chi connectivity index (χ1) is 8.58. The average molecular weight is 313 g/mol. The van der Waals surface area contributed by atoms with Crippen molar-refractivity contribution in [1.29, 1.82) is 0 Å². The molecular formula is C13H17BrN2O2. The van der Waals surface area contributed by atoms with Gasteiger partial charge in [0.05, 0.1) is 12.6 Å². The van der Waals surface area contributed by atoms with Gasteiger partial charge in [0.2, 0.25) is 5.91 Å². The van der Waals surface area contributed by atoms with Crippen molar-refractivity contribution in [2.45, 2.75) is 19.4 Å². The van der Waals surface area contributed by atoms with Crippen molar-refractivity contribution in [3.8, 4) is 0 Å². The van der Waals surface area contributed by atoms with E-state index in [-0.39, 0.29) is 5.91 Å². The van der Waals surface area contributed by atoms with Crippen molar-refractivity contribution in [2.75, 3.05) is 24.5 Å². The number of nitrogens with zero attached hydrogens (tertiary/aromatic N) is 1. The lowest BCUT2D eigenvalue weighted by Crippen LogP contribution is -2.33. The van der Waals surface area contributed by atoms with Gasteiger partial charge in [-0.15, -0.1) is 0 Å². The molecule has 1 unspecified atom stereocenters. The van der Waals surface area contributed by atoms with Gasteiger partial charge in [-0.3, -0.25) is 4.79 Å². The van der Waals surface area contributed by atoms with Gasteiger partial charge in [0.15, 0.2) is 0 Å². The van der Waals surface area contributed by atoms with Gasteiger partial charge in [0.25, 0.3) is 0 Å². The van der Waals surface area contributed by atoms with Crippen LogP contribution in [0.3, 0.4) is 0 Å². The Labute approximate surface area is 115 Å². The molecule has 1 aromatic rings. The molecule has 0 bridgehead atoms. The smallest absolute Gasteiger partial charge is 0.239 e. The molecule has 0 saturated carbocycles. The first-order valence-corrected chi connectivity index (χ1v) is 6.86. The van der Waals surface area contributed by atoms with Gasteiger partial charge in [-0.25, -0.2) is 0 Å². The Morgan fingerprint density at radius 2 is 2.28 bits per heavy atom. The fourth-order valence-corrected chi connectivity index (χ4v) is 2.54. The zero-order valence-corrected chi connectivity index (χ0v) is 11.9. The normalized spacial score (nSPS) is 18.2. The van der Waals surface area contributed by atoms with Crippen molar-refractivity contribution in [3.05, 3.63) is 28.2 Å². The highest BCUT2D eigenvalue weighted by Gasteiger charge is 2.19. The molecule has 0 aliphatic carbocycles. The minimum atomic E-state index is -0.552. The molecule has 1 fully saturated rings. The number of amides is 1. The first kappa shape index (κ1) is 13.4. The molecule has 2 rings (SSSR count). The van der Waals surface area contributed by atoms with Crippen molar-refractivity contribution in [2.24, 2.45) is 0 Å². The maximum absolute atomic E-state index is 11.6. The molecule has 1 atom stereocenters. The summed E-state index contributed by atoms with van der Waals surface area (Å²) in [6, 6.07) is 5.79. The van der Waals surface area contributed by atoms with E-state index in [9.17, 15) is 9.90 Å². The third-order valence-corrected chi connectivity index (χ3v) is 3.54. The summed E-state index contributed by atoms with van der Waals surface area (Å²) in [5, 5.41) is 12.7. The number of benzene rings is 1. The van der Waals surface area contributed by atoms with Gasteiger partial charge in [-0.2, -0.15) is 0 Å². The van der Waals surface area contributed by atoms with E-state index < -0.39 is 6.10 Å². The molecule has 1 aromatic carbocycles. The van der Waals surface area contributed by atoms with Gasteiger partial charge in [0.1, 0.15) is 0 Å².